The lowest BCUT2D eigenvalue weighted by atomic mass is 10.1. The van der Waals surface area contributed by atoms with Gasteiger partial charge in [0.05, 0.1) is 34.7 Å². The standard InChI is InChI=1S/C27H23N5O4/c33-24-11-5-4-10-20(24)26(34)28-12-13-29-27(35)21-15-23(18-7-2-1-3-8-18)31-25-22(21)16-30-32(25)17-19-9-6-14-36-19/h1-11,14-16,33H,12-13,17H2,(H,28,34)(H,29,35). The van der Waals surface area contributed by atoms with Gasteiger partial charge in [-0.3, -0.25) is 9.59 Å². The second-order valence-electron chi connectivity index (χ2n) is 8.07. The first-order valence-corrected chi connectivity index (χ1v) is 11.4. The van der Waals surface area contributed by atoms with Crippen LogP contribution in [-0.2, 0) is 6.54 Å². The molecule has 36 heavy (non-hydrogen) atoms. The van der Waals surface area contributed by atoms with Crippen molar-refractivity contribution in [2.24, 2.45) is 0 Å². The minimum absolute atomic E-state index is 0.0989. The molecule has 5 rings (SSSR count). The van der Waals surface area contributed by atoms with E-state index in [4.69, 9.17) is 9.40 Å². The fourth-order valence-electron chi connectivity index (χ4n) is 3.87. The summed E-state index contributed by atoms with van der Waals surface area (Å²) < 4.78 is 7.15. The van der Waals surface area contributed by atoms with E-state index in [0.717, 1.165) is 11.3 Å². The first kappa shape index (κ1) is 22.9. The van der Waals surface area contributed by atoms with Gasteiger partial charge < -0.3 is 20.2 Å². The van der Waals surface area contributed by atoms with Gasteiger partial charge in [0.2, 0.25) is 0 Å². The summed E-state index contributed by atoms with van der Waals surface area (Å²) in [6, 6.07) is 21.3. The molecule has 180 valence electrons. The summed E-state index contributed by atoms with van der Waals surface area (Å²) in [6.07, 6.45) is 3.22. The SMILES string of the molecule is O=C(NCCNC(=O)c1cc(-c2ccccc2)nc2c1cnn2Cc1ccco1)c1ccccc1O. The number of phenols is 1. The van der Waals surface area contributed by atoms with Gasteiger partial charge in [-0.05, 0) is 30.3 Å². The van der Waals surface area contributed by atoms with E-state index >= 15 is 0 Å². The van der Waals surface area contributed by atoms with Gasteiger partial charge in [0.1, 0.15) is 18.1 Å². The normalized spacial score (nSPS) is 10.9. The van der Waals surface area contributed by atoms with Crippen LogP contribution in [0.1, 0.15) is 26.5 Å². The number of carbonyl (C=O) groups excluding carboxylic acids is 2. The molecular formula is C27H23N5O4. The van der Waals surface area contributed by atoms with Crippen LogP contribution in [0.3, 0.4) is 0 Å². The number of benzene rings is 2. The highest BCUT2D eigenvalue weighted by molar-refractivity contribution is 6.06. The maximum atomic E-state index is 13.2. The molecule has 3 heterocycles. The van der Waals surface area contributed by atoms with Gasteiger partial charge in [-0.15, -0.1) is 0 Å². The third-order valence-electron chi connectivity index (χ3n) is 5.65. The van der Waals surface area contributed by atoms with Crippen LogP contribution < -0.4 is 10.6 Å². The molecule has 0 saturated heterocycles. The van der Waals surface area contributed by atoms with Crippen molar-refractivity contribution in [2.75, 3.05) is 13.1 Å². The first-order valence-electron chi connectivity index (χ1n) is 11.4. The molecule has 0 aliphatic carbocycles. The van der Waals surface area contributed by atoms with E-state index < -0.39 is 5.91 Å². The number of aromatic nitrogens is 3. The zero-order chi connectivity index (χ0) is 24.9. The minimum atomic E-state index is -0.417. The Morgan fingerprint density at radius 1 is 0.889 bits per heavy atom. The van der Waals surface area contributed by atoms with Gasteiger partial charge in [-0.25, -0.2) is 9.67 Å². The van der Waals surface area contributed by atoms with Crippen LogP contribution in [0.2, 0.25) is 0 Å². The largest absolute Gasteiger partial charge is 0.507 e. The van der Waals surface area contributed by atoms with E-state index in [0.29, 0.717) is 28.8 Å². The number of nitrogens with zero attached hydrogens (tertiary/aromatic N) is 3. The lowest BCUT2D eigenvalue weighted by Gasteiger charge is -2.10. The zero-order valence-corrected chi connectivity index (χ0v) is 19.2. The number of amides is 2. The molecule has 0 spiro atoms. The van der Waals surface area contributed by atoms with Crippen LogP contribution in [0.15, 0.2) is 89.7 Å². The molecule has 0 aliphatic rings. The molecule has 0 fully saturated rings. The Balaban J connectivity index is 1.36. The van der Waals surface area contributed by atoms with E-state index in [1.165, 1.54) is 12.1 Å². The number of aromatic hydroxyl groups is 1. The summed E-state index contributed by atoms with van der Waals surface area (Å²) in [5.41, 5.74) is 2.68. The quantitative estimate of drug-likeness (QED) is 0.291. The molecule has 3 aromatic heterocycles. The Kier molecular flexibility index (Phi) is 6.44. The Morgan fingerprint density at radius 2 is 1.61 bits per heavy atom. The van der Waals surface area contributed by atoms with Crippen molar-refractivity contribution in [3.05, 3.63) is 102 Å². The van der Waals surface area contributed by atoms with Gasteiger partial charge >= 0.3 is 0 Å². The molecule has 2 aromatic carbocycles. The van der Waals surface area contributed by atoms with Crippen molar-refractivity contribution in [1.82, 2.24) is 25.4 Å². The van der Waals surface area contributed by atoms with Crippen molar-refractivity contribution >= 4 is 22.8 Å². The van der Waals surface area contributed by atoms with Crippen LogP contribution in [-0.4, -0.2) is 44.8 Å². The lowest BCUT2D eigenvalue weighted by molar-refractivity contribution is 0.0927. The summed E-state index contributed by atoms with van der Waals surface area (Å²) in [5, 5.41) is 20.4. The smallest absolute Gasteiger partial charge is 0.255 e. The summed E-state index contributed by atoms with van der Waals surface area (Å²) in [5.74, 6) is -0.107. The first-order chi connectivity index (χ1) is 17.6. The fourth-order valence-corrected chi connectivity index (χ4v) is 3.87. The number of furan rings is 1. The van der Waals surface area contributed by atoms with E-state index in [2.05, 4.69) is 15.7 Å². The number of para-hydroxylation sites is 1. The number of carbonyl (C=O) groups is 2. The molecule has 0 aliphatic heterocycles. The molecule has 2 amide bonds. The molecule has 0 bridgehead atoms. The number of hydrogen-bond donors (Lipinski definition) is 3. The van der Waals surface area contributed by atoms with E-state index in [9.17, 15) is 14.7 Å². The molecular weight excluding hydrogens is 458 g/mol. The third kappa shape index (κ3) is 4.80. The second-order valence-corrected chi connectivity index (χ2v) is 8.07. The molecule has 3 N–H and O–H groups in total. The Morgan fingerprint density at radius 3 is 2.33 bits per heavy atom. The number of phenolic OH excluding ortho intramolecular Hbond substituents is 1. The van der Waals surface area contributed by atoms with E-state index in [1.54, 1.807) is 41.4 Å². The highest BCUT2D eigenvalue weighted by atomic mass is 16.3. The monoisotopic (exact) mass is 481 g/mol. The van der Waals surface area contributed by atoms with Gasteiger partial charge in [0.15, 0.2) is 5.65 Å². The lowest BCUT2D eigenvalue weighted by Crippen LogP contribution is -2.34. The van der Waals surface area contributed by atoms with Crippen molar-refractivity contribution in [3.63, 3.8) is 0 Å². The molecule has 0 saturated carbocycles. The van der Waals surface area contributed by atoms with Crippen LogP contribution in [0.5, 0.6) is 5.75 Å². The Hall–Kier alpha value is -4.92. The van der Waals surface area contributed by atoms with Gasteiger partial charge in [0, 0.05) is 18.7 Å². The van der Waals surface area contributed by atoms with Gasteiger partial charge in [-0.1, -0.05) is 42.5 Å². The minimum Gasteiger partial charge on any atom is -0.507 e. The second kappa shape index (κ2) is 10.1. The number of rotatable bonds is 8. The predicted molar refractivity (Wildman–Crippen MR) is 134 cm³/mol. The van der Waals surface area contributed by atoms with Crippen LogP contribution in [0, 0.1) is 0 Å². The highest BCUT2D eigenvalue weighted by Crippen LogP contribution is 2.25. The third-order valence-corrected chi connectivity index (χ3v) is 5.65. The van der Waals surface area contributed by atoms with E-state index in [-0.39, 0.29) is 30.3 Å². The Labute approximate surface area is 206 Å². The van der Waals surface area contributed by atoms with Crippen molar-refractivity contribution in [2.45, 2.75) is 6.54 Å². The highest BCUT2D eigenvalue weighted by Gasteiger charge is 2.18. The van der Waals surface area contributed by atoms with Crippen LogP contribution in [0.25, 0.3) is 22.3 Å². The molecule has 0 radical (unpaired) electrons. The topological polar surface area (TPSA) is 122 Å². The molecule has 9 heteroatoms. The van der Waals surface area contributed by atoms with Crippen LogP contribution in [0.4, 0.5) is 0 Å². The van der Waals surface area contributed by atoms with Crippen molar-refractivity contribution in [3.8, 4) is 17.0 Å². The number of fused-ring (bicyclic) bond motifs is 1. The fraction of sp³-hybridized carbons (Fsp3) is 0.111. The maximum Gasteiger partial charge on any atom is 0.255 e. The Bertz CT molecular complexity index is 1510. The van der Waals surface area contributed by atoms with Gasteiger partial charge in [-0.2, -0.15) is 5.10 Å². The molecule has 0 unspecified atom stereocenters. The summed E-state index contributed by atoms with van der Waals surface area (Å²) in [4.78, 5) is 30.3. The average Bonchev–Trinajstić information content (AvgIpc) is 3.57. The van der Waals surface area contributed by atoms with Gasteiger partial charge in [0.25, 0.3) is 11.8 Å². The maximum absolute atomic E-state index is 13.2. The molecule has 5 aromatic rings. The predicted octanol–water partition coefficient (Wildman–Crippen LogP) is 3.61. The van der Waals surface area contributed by atoms with Crippen LogP contribution >= 0.6 is 0 Å². The number of nitrogens with one attached hydrogen (secondary N) is 2. The average molecular weight is 482 g/mol. The summed E-state index contributed by atoms with van der Waals surface area (Å²) in [6.45, 7) is 0.765. The number of pyridine rings is 1. The van der Waals surface area contributed by atoms with Crippen molar-refractivity contribution in [1.29, 1.82) is 0 Å². The molecule has 0 atom stereocenters. The number of hydrogen-bond acceptors (Lipinski definition) is 6. The zero-order valence-electron chi connectivity index (χ0n) is 19.2. The molecule has 9 nitrogen and oxygen atoms in total. The summed E-state index contributed by atoms with van der Waals surface area (Å²) in [7, 11) is 0. The van der Waals surface area contributed by atoms with Crippen molar-refractivity contribution < 1.29 is 19.1 Å². The summed E-state index contributed by atoms with van der Waals surface area (Å²) >= 11 is 0. The van der Waals surface area contributed by atoms with E-state index in [1.807, 2.05) is 36.4 Å².